The van der Waals surface area contributed by atoms with Crippen LogP contribution in [0.3, 0.4) is 0 Å². The van der Waals surface area contributed by atoms with Crippen LogP contribution in [0.5, 0.6) is 0 Å². The first-order valence-electron chi connectivity index (χ1n) is 11.5. The van der Waals surface area contributed by atoms with Gasteiger partial charge in [0.1, 0.15) is 11.7 Å². The van der Waals surface area contributed by atoms with E-state index in [4.69, 9.17) is 14.8 Å². The molecule has 1 aromatic carbocycles. The predicted octanol–water partition coefficient (Wildman–Crippen LogP) is -0.409. The van der Waals surface area contributed by atoms with Crippen molar-refractivity contribution in [3.8, 4) is 0 Å². The van der Waals surface area contributed by atoms with E-state index in [1.807, 2.05) is 0 Å². The van der Waals surface area contributed by atoms with Crippen LogP contribution in [0.15, 0.2) is 48.9 Å². The number of hydrogen-bond acceptors (Lipinski definition) is 8. The minimum absolute atomic E-state index is 0.00804. The fourth-order valence-corrected chi connectivity index (χ4v) is 3.22. The Bertz CT molecular complexity index is 913. The molecule has 4 N–H and O–H groups in total. The lowest BCUT2D eigenvalue weighted by atomic mass is 9.92. The molecule has 0 saturated carbocycles. The molecule has 3 amide bonds. The second-order valence-electron chi connectivity index (χ2n) is 7.78. The first kappa shape index (κ1) is 27.9. The highest BCUT2D eigenvalue weighted by atomic mass is 16.5. The molecule has 0 unspecified atom stereocenters. The van der Waals surface area contributed by atoms with Gasteiger partial charge in [-0.3, -0.25) is 19.4 Å². The first-order valence-corrected chi connectivity index (χ1v) is 11.5. The summed E-state index contributed by atoms with van der Waals surface area (Å²) in [4.78, 5) is 46.0. The van der Waals surface area contributed by atoms with Crippen molar-refractivity contribution in [3.05, 3.63) is 60.2 Å². The van der Waals surface area contributed by atoms with Crippen LogP contribution in [-0.4, -0.2) is 88.5 Å². The molecule has 11 nitrogen and oxygen atoms in total. The van der Waals surface area contributed by atoms with Gasteiger partial charge in [-0.05, 0) is 12.0 Å². The van der Waals surface area contributed by atoms with Crippen LogP contribution in [0.1, 0.15) is 35.8 Å². The maximum atomic E-state index is 12.4. The summed E-state index contributed by atoms with van der Waals surface area (Å²) in [5, 5.41) is 22.4. The number of morpholine rings is 1. The predicted molar refractivity (Wildman–Crippen MR) is 129 cm³/mol. The molecule has 1 aliphatic heterocycles. The van der Waals surface area contributed by atoms with Gasteiger partial charge in [0.2, 0.25) is 11.8 Å². The monoisotopic (exact) mass is 485 g/mol. The van der Waals surface area contributed by atoms with Gasteiger partial charge in [0.05, 0.1) is 32.3 Å². The molecule has 35 heavy (non-hydrogen) atoms. The summed E-state index contributed by atoms with van der Waals surface area (Å²) >= 11 is 0. The average molecular weight is 485 g/mol. The summed E-state index contributed by atoms with van der Waals surface area (Å²) in [7, 11) is -1.75. The summed E-state index contributed by atoms with van der Waals surface area (Å²) in [6.07, 6.45) is 5.69. The Hall–Kier alpha value is -3.35. The molecular formula is C23H32BN5O6. The van der Waals surface area contributed by atoms with E-state index in [1.54, 1.807) is 4.90 Å². The summed E-state index contributed by atoms with van der Waals surface area (Å²) in [6, 6.07) is 9.38. The van der Waals surface area contributed by atoms with E-state index in [1.165, 1.54) is 37.0 Å². The number of amides is 3. The number of carbonyl (C=O) groups is 3. The highest BCUT2D eigenvalue weighted by Crippen LogP contribution is 2.05. The van der Waals surface area contributed by atoms with Gasteiger partial charge < -0.3 is 30.3 Å². The number of hydrogen-bond donors (Lipinski definition) is 4. The standard InChI is InChI=1S/C14H20BN5O6.C9H12/c21-12(20-3-5-26-6-4-20)7-10(13(22)18-9-15(24)25)19-14(23)11-8-16-1-2-17-11;1-2-6-9-7-4-3-5-8-9/h1-2,8,10,24-25H,3-7,9H2,(H,18,22)(H,19,23);3-5,7-8H,2,6H2,1H3/t10-;/m1./s1. The Kier molecular flexibility index (Phi) is 12.4. The summed E-state index contributed by atoms with van der Waals surface area (Å²) in [5.74, 6) is -1.70. The van der Waals surface area contributed by atoms with Crippen LogP contribution in [0.2, 0.25) is 0 Å². The van der Waals surface area contributed by atoms with E-state index < -0.39 is 31.4 Å². The third-order valence-electron chi connectivity index (χ3n) is 5.00. The quantitative estimate of drug-likeness (QED) is 0.350. The zero-order valence-electron chi connectivity index (χ0n) is 19.8. The van der Waals surface area contributed by atoms with Crippen molar-refractivity contribution >= 4 is 24.8 Å². The molecule has 188 valence electrons. The molecule has 2 aromatic rings. The number of benzene rings is 1. The summed E-state index contributed by atoms with van der Waals surface area (Å²) in [6.45, 7) is 3.82. The Morgan fingerprint density at radius 1 is 1.14 bits per heavy atom. The van der Waals surface area contributed by atoms with Crippen LogP contribution in [0.4, 0.5) is 0 Å². The number of ether oxygens (including phenoxy) is 1. The van der Waals surface area contributed by atoms with Crippen molar-refractivity contribution in [1.82, 2.24) is 25.5 Å². The van der Waals surface area contributed by atoms with Gasteiger partial charge in [-0.1, -0.05) is 43.7 Å². The number of nitrogens with one attached hydrogen (secondary N) is 2. The maximum absolute atomic E-state index is 12.4. The third-order valence-corrected chi connectivity index (χ3v) is 5.00. The minimum Gasteiger partial charge on any atom is -0.426 e. The van der Waals surface area contributed by atoms with Gasteiger partial charge in [-0.25, -0.2) is 4.98 Å². The van der Waals surface area contributed by atoms with Gasteiger partial charge in [-0.2, -0.15) is 0 Å². The molecule has 1 aromatic heterocycles. The molecule has 1 saturated heterocycles. The minimum atomic E-state index is -1.75. The molecule has 1 fully saturated rings. The molecule has 2 heterocycles. The zero-order valence-corrected chi connectivity index (χ0v) is 19.8. The largest absolute Gasteiger partial charge is 0.472 e. The second-order valence-corrected chi connectivity index (χ2v) is 7.78. The van der Waals surface area contributed by atoms with E-state index in [2.05, 4.69) is 57.9 Å². The number of nitrogens with zero attached hydrogens (tertiary/aromatic N) is 3. The third kappa shape index (κ3) is 10.6. The summed E-state index contributed by atoms with van der Waals surface area (Å²) < 4.78 is 5.18. The van der Waals surface area contributed by atoms with Gasteiger partial charge in [0, 0.05) is 25.5 Å². The molecule has 0 radical (unpaired) electrons. The van der Waals surface area contributed by atoms with Crippen LogP contribution in [0, 0.1) is 0 Å². The lowest BCUT2D eigenvalue weighted by Crippen LogP contribution is -2.52. The molecular weight excluding hydrogens is 453 g/mol. The van der Waals surface area contributed by atoms with E-state index in [-0.39, 0.29) is 18.0 Å². The molecule has 1 atom stereocenters. The van der Waals surface area contributed by atoms with Crippen molar-refractivity contribution in [2.24, 2.45) is 0 Å². The number of carbonyl (C=O) groups excluding carboxylic acids is 3. The van der Waals surface area contributed by atoms with Crippen molar-refractivity contribution in [2.75, 3.05) is 32.7 Å². The lowest BCUT2D eigenvalue weighted by molar-refractivity contribution is -0.138. The van der Waals surface area contributed by atoms with Gasteiger partial charge in [0.15, 0.2) is 0 Å². The Morgan fingerprint density at radius 2 is 1.86 bits per heavy atom. The van der Waals surface area contributed by atoms with Crippen molar-refractivity contribution in [1.29, 1.82) is 0 Å². The first-order chi connectivity index (χ1) is 16.9. The van der Waals surface area contributed by atoms with Gasteiger partial charge >= 0.3 is 7.12 Å². The Labute approximate surface area is 205 Å². The van der Waals surface area contributed by atoms with E-state index in [0.29, 0.717) is 26.3 Å². The molecule has 0 aliphatic carbocycles. The van der Waals surface area contributed by atoms with E-state index in [9.17, 15) is 14.4 Å². The average Bonchev–Trinajstić information content (AvgIpc) is 2.89. The second kappa shape index (κ2) is 15.5. The molecule has 0 bridgehead atoms. The molecule has 3 rings (SSSR count). The van der Waals surface area contributed by atoms with Crippen LogP contribution in [-0.2, 0) is 20.7 Å². The van der Waals surface area contributed by atoms with Crippen molar-refractivity contribution < 1.29 is 29.2 Å². The van der Waals surface area contributed by atoms with E-state index >= 15 is 0 Å². The molecule has 12 heteroatoms. The molecule has 0 spiro atoms. The smallest absolute Gasteiger partial charge is 0.426 e. The maximum Gasteiger partial charge on any atom is 0.472 e. The van der Waals surface area contributed by atoms with Crippen molar-refractivity contribution in [2.45, 2.75) is 32.2 Å². The van der Waals surface area contributed by atoms with Crippen LogP contribution in [0.25, 0.3) is 0 Å². The summed E-state index contributed by atoms with van der Waals surface area (Å²) in [5.41, 5.74) is 1.44. The van der Waals surface area contributed by atoms with Crippen LogP contribution >= 0.6 is 0 Å². The topological polar surface area (TPSA) is 154 Å². The highest BCUT2D eigenvalue weighted by Gasteiger charge is 2.28. The fraction of sp³-hybridized carbons (Fsp3) is 0.435. The zero-order chi connectivity index (χ0) is 25.5. The van der Waals surface area contributed by atoms with Gasteiger partial charge in [0.25, 0.3) is 5.91 Å². The SMILES string of the molecule is CCCc1ccccc1.O=C(N[C@H](CC(=O)N1CCOCC1)C(=O)NCB(O)O)c1cnccn1. The van der Waals surface area contributed by atoms with Crippen LogP contribution < -0.4 is 10.6 Å². The van der Waals surface area contributed by atoms with E-state index in [0.717, 1.165) is 0 Å². The van der Waals surface area contributed by atoms with Gasteiger partial charge in [-0.15, -0.1) is 0 Å². The highest BCUT2D eigenvalue weighted by molar-refractivity contribution is 6.41. The fourth-order valence-electron chi connectivity index (χ4n) is 3.22. The Balaban J connectivity index is 0.000000402. The lowest BCUT2D eigenvalue weighted by Gasteiger charge is -2.28. The van der Waals surface area contributed by atoms with Crippen molar-refractivity contribution in [3.63, 3.8) is 0 Å². The number of rotatable bonds is 9. The number of aryl methyl sites for hydroxylation is 1. The normalized spacial score (nSPS) is 13.6. The number of aromatic nitrogens is 2. The Morgan fingerprint density at radius 3 is 2.46 bits per heavy atom. The molecule has 1 aliphatic rings.